The van der Waals surface area contributed by atoms with Gasteiger partial charge in [-0.1, -0.05) is 17.7 Å². The number of nitrogens with zero attached hydrogens (tertiary/aromatic N) is 2. The second kappa shape index (κ2) is 11.4. The molecule has 8 nitrogen and oxygen atoms in total. The number of rotatable bonds is 9. The smallest absolute Gasteiger partial charge is 0.213 e. The van der Waals surface area contributed by atoms with Gasteiger partial charge in [-0.25, -0.2) is 18.1 Å². The van der Waals surface area contributed by atoms with Crippen LogP contribution in [0.25, 0.3) is 0 Å². The molecule has 2 rings (SSSR count). The minimum absolute atomic E-state index is 0.0155. The summed E-state index contributed by atoms with van der Waals surface area (Å²) < 4.78 is 32.3. The monoisotopic (exact) mass is 417 g/mol. The van der Waals surface area contributed by atoms with Crippen molar-refractivity contribution in [2.45, 2.75) is 31.8 Å². The fraction of sp³-hybridized carbons (Fsp3) is 0.647. The first kappa shape index (κ1) is 21.9. The molecule has 1 unspecified atom stereocenters. The molecule has 1 saturated heterocycles. The Hall–Kier alpha value is -1.42. The minimum Gasteiger partial charge on any atom is -0.377 e. The molecule has 0 saturated carbocycles. The normalized spacial score (nSPS) is 18.3. The van der Waals surface area contributed by atoms with Crippen molar-refractivity contribution in [3.05, 3.63) is 29.0 Å². The molecule has 1 aliphatic rings. The van der Waals surface area contributed by atoms with Crippen molar-refractivity contribution in [3.63, 3.8) is 0 Å². The number of nitrogens with one attached hydrogen (secondary N) is 3. The highest BCUT2D eigenvalue weighted by Crippen LogP contribution is 2.11. The summed E-state index contributed by atoms with van der Waals surface area (Å²) in [7, 11) is -1.70. The van der Waals surface area contributed by atoms with Crippen molar-refractivity contribution in [1.82, 2.24) is 20.3 Å². The molecule has 1 aliphatic heterocycles. The number of guanidine groups is 1. The zero-order valence-corrected chi connectivity index (χ0v) is 17.2. The van der Waals surface area contributed by atoms with Gasteiger partial charge in [0.05, 0.1) is 11.9 Å². The van der Waals surface area contributed by atoms with Gasteiger partial charge in [-0.2, -0.15) is 0 Å². The van der Waals surface area contributed by atoms with Gasteiger partial charge >= 0.3 is 0 Å². The Kier molecular flexibility index (Phi) is 9.26. The molecule has 10 heteroatoms. The molecule has 1 aromatic heterocycles. The number of hydrogen-bond donors (Lipinski definition) is 3. The van der Waals surface area contributed by atoms with E-state index < -0.39 is 10.0 Å². The summed E-state index contributed by atoms with van der Waals surface area (Å²) >= 11 is 5.76. The van der Waals surface area contributed by atoms with Crippen LogP contribution in [0, 0.1) is 0 Å². The number of halogens is 1. The van der Waals surface area contributed by atoms with Gasteiger partial charge in [-0.3, -0.25) is 4.99 Å². The molecular weight excluding hydrogens is 390 g/mol. The van der Waals surface area contributed by atoms with E-state index >= 15 is 0 Å². The second-order valence-corrected chi connectivity index (χ2v) is 8.63. The fourth-order valence-electron chi connectivity index (χ4n) is 2.66. The van der Waals surface area contributed by atoms with Gasteiger partial charge in [0.15, 0.2) is 5.96 Å². The van der Waals surface area contributed by atoms with Gasteiger partial charge in [0.25, 0.3) is 0 Å². The molecule has 0 spiro atoms. The van der Waals surface area contributed by atoms with E-state index in [-0.39, 0.29) is 18.4 Å². The third-order valence-electron chi connectivity index (χ3n) is 4.19. The van der Waals surface area contributed by atoms with E-state index in [4.69, 9.17) is 16.3 Å². The number of ether oxygens (including phenoxy) is 1. The maximum Gasteiger partial charge on any atom is 0.213 e. The van der Waals surface area contributed by atoms with Gasteiger partial charge in [0, 0.05) is 39.5 Å². The summed E-state index contributed by atoms with van der Waals surface area (Å²) in [5.41, 5.74) is 1.05. The van der Waals surface area contributed by atoms with Gasteiger partial charge in [-0.05, 0) is 37.3 Å². The Morgan fingerprint density at radius 2 is 2.15 bits per heavy atom. The molecule has 1 aromatic rings. The zero-order valence-electron chi connectivity index (χ0n) is 15.6. The van der Waals surface area contributed by atoms with Crippen LogP contribution in [0.5, 0.6) is 0 Å². The molecule has 0 amide bonds. The molecule has 0 bridgehead atoms. The largest absolute Gasteiger partial charge is 0.377 e. The van der Waals surface area contributed by atoms with Crippen molar-refractivity contribution in [2.24, 2.45) is 4.99 Å². The van der Waals surface area contributed by atoms with E-state index in [1.54, 1.807) is 19.3 Å². The number of sulfonamides is 1. The van der Waals surface area contributed by atoms with E-state index in [1.807, 2.05) is 6.07 Å². The highest BCUT2D eigenvalue weighted by atomic mass is 35.5. The predicted molar refractivity (Wildman–Crippen MR) is 108 cm³/mol. The molecular formula is C17H28ClN5O3S. The van der Waals surface area contributed by atoms with Crippen LogP contribution in [0.2, 0.25) is 5.15 Å². The lowest BCUT2D eigenvalue weighted by Gasteiger charge is -2.22. The fourth-order valence-corrected chi connectivity index (χ4v) is 3.73. The predicted octanol–water partition coefficient (Wildman–Crippen LogP) is 0.931. The van der Waals surface area contributed by atoms with E-state index in [1.165, 1.54) is 0 Å². The van der Waals surface area contributed by atoms with Crippen LogP contribution in [0.1, 0.15) is 24.8 Å². The van der Waals surface area contributed by atoms with Gasteiger partial charge in [0.1, 0.15) is 5.15 Å². The Labute approximate surface area is 166 Å². The first-order valence-corrected chi connectivity index (χ1v) is 11.2. The average molecular weight is 418 g/mol. The maximum atomic E-state index is 12.1. The molecule has 0 aliphatic carbocycles. The summed E-state index contributed by atoms with van der Waals surface area (Å²) in [6.07, 6.45) is 5.51. The van der Waals surface area contributed by atoms with E-state index in [0.29, 0.717) is 30.8 Å². The summed E-state index contributed by atoms with van der Waals surface area (Å²) in [5.74, 6) is 0.532. The van der Waals surface area contributed by atoms with Gasteiger partial charge in [0.2, 0.25) is 10.0 Å². The molecule has 0 aromatic carbocycles. The Bertz CT molecular complexity index is 691. The summed E-state index contributed by atoms with van der Waals surface area (Å²) in [4.78, 5) is 8.13. The van der Waals surface area contributed by atoms with Crippen LogP contribution < -0.4 is 15.4 Å². The standard InChI is InChI=1S/C17H28ClN5O3S/c1-19-17(20-8-7-14-5-6-16(18)22-12-14)21-9-11-27(24,25)23-13-15-4-2-3-10-26-15/h5-6,12,15,23H,2-4,7-11,13H2,1H3,(H2,19,20,21). The number of aromatic nitrogens is 1. The molecule has 1 atom stereocenters. The number of aliphatic imine (C=N–C) groups is 1. The minimum atomic E-state index is -3.35. The first-order chi connectivity index (χ1) is 13.0. The summed E-state index contributed by atoms with van der Waals surface area (Å²) in [6, 6.07) is 3.67. The van der Waals surface area contributed by atoms with Crippen LogP contribution in [-0.4, -0.2) is 64.5 Å². The molecule has 0 radical (unpaired) electrons. The number of hydrogen-bond acceptors (Lipinski definition) is 5. The van der Waals surface area contributed by atoms with E-state index in [0.717, 1.165) is 31.2 Å². The van der Waals surface area contributed by atoms with Crippen molar-refractivity contribution in [3.8, 4) is 0 Å². The molecule has 3 N–H and O–H groups in total. The lowest BCUT2D eigenvalue weighted by atomic mass is 10.1. The first-order valence-electron chi connectivity index (χ1n) is 9.12. The molecule has 152 valence electrons. The highest BCUT2D eigenvalue weighted by molar-refractivity contribution is 7.89. The van der Waals surface area contributed by atoms with Crippen LogP contribution in [0.15, 0.2) is 23.3 Å². The molecule has 27 heavy (non-hydrogen) atoms. The SMILES string of the molecule is CN=C(NCCc1ccc(Cl)nc1)NCCS(=O)(=O)NCC1CCCCO1. The van der Waals surface area contributed by atoms with Crippen LogP contribution in [0.4, 0.5) is 0 Å². The maximum absolute atomic E-state index is 12.1. The van der Waals surface area contributed by atoms with Gasteiger partial charge < -0.3 is 15.4 Å². The Morgan fingerprint density at radius 3 is 2.81 bits per heavy atom. The van der Waals surface area contributed by atoms with Crippen molar-refractivity contribution in [2.75, 3.05) is 39.0 Å². The third kappa shape index (κ3) is 8.87. The van der Waals surface area contributed by atoms with Crippen LogP contribution >= 0.6 is 11.6 Å². The molecule has 1 fully saturated rings. The third-order valence-corrected chi connectivity index (χ3v) is 5.76. The lowest BCUT2D eigenvalue weighted by Crippen LogP contribution is -2.43. The van der Waals surface area contributed by atoms with Crippen molar-refractivity contribution in [1.29, 1.82) is 0 Å². The molecule has 2 heterocycles. The number of pyridine rings is 1. The zero-order chi connectivity index (χ0) is 19.5. The topological polar surface area (TPSA) is 105 Å². The summed E-state index contributed by atoms with van der Waals surface area (Å²) in [5, 5.41) is 6.62. The summed E-state index contributed by atoms with van der Waals surface area (Å²) in [6.45, 7) is 1.96. The van der Waals surface area contributed by atoms with Crippen molar-refractivity contribution < 1.29 is 13.2 Å². The quantitative estimate of drug-likeness (QED) is 0.313. The van der Waals surface area contributed by atoms with Crippen molar-refractivity contribution >= 4 is 27.6 Å². The Balaban J connectivity index is 1.63. The van der Waals surface area contributed by atoms with E-state index in [9.17, 15) is 8.42 Å². The van der Waals surface area contributed by atoms with E-state index in [2.05, 4.69) is 25.3 Å². The van der Waals surface area contributed by atoms with Crippen LogP contribution in [0.3, 0.4) is 0 Å². The lowest BCUT2D eigenvalue weighted by molar-refractivity contribution is 0.0200. The second-order valence-electron chi connectivity index (χ2n) is 6.32. The van der Waals surface area contributed by atoms with Gasteiger partial charge in [-0.15, -0.1) is 0 Å². The Morgan fingerprint density at radius 1 is 1.33 bits per heavy atom. The highest BCUT2D eigenvalue weighted by Gasteiger charge is 2.17. The van der Waals surface area contributed by atoms with Crippen LogP contribution in [-0.2, 0) is 21.2 Å². The average Bonchev–Trinajstić information content (AvgIpc) is 2.67.